The number of nitrogens with one attached hydrogen (secondary N) is 1. The van der Waals surface area contributed by atoms with Crippen LogP contribution in [0.25, 0.3) is 0 Å². The molecule has 90 valence electrons. The molecule has 7 heteroatoms. The molecule has 1 aromatic rings. The number of nitrogens with zero attached hydrogens (tertiary/aromatic N) is 2. The Kier molecular flexibility index (Phi) is 4.79. The molecule has 0 aliphatic rings. The second-order valence-corrected chi connectivity index (χ2v) is 3.66. The highest BCUT2D eigenvalue weighted by atomic mass is 35.5. The molecule has 1 N–H and O–H groups in total. The van der Waals surface area contributed by atoms with Crippen molar-refractivity contribution in [3.8, 4) is 0 Å². The molecule has 3 nitrogen and oxygen atoms in total. The Morgan fingerprint density at radius 3 is 2.38 bits per heavy atom. The second kappa shape index (κ2) is 5.89. The standard InChI is InChI=1S/C9H11ClF3N3/c10-7-5-15-8(16-6-7)14-4-2-1-3-9(11,12)13/h5-6H,1-4H2,(H,14,15,16). The molecule has 0 bridgehead atoms. The summed E-state index contributed by atoms with van der Waals surface area (Å²) in [6.07, 6.45) is -1.46. The van der Waals surface area contributed by atoms with Crippen LogP contribution in [0.2, 0.25) is 5.02 Å². The molecule has 1 rings (SSSR count). The van der Waals surface area contributed by atoms with Gasteiger partial charge in [0.1, 0.15) is 0 Å². The zero-order valence-corrected chi connectivity index (χ0v) is 9.15. The van der Waals surface area contributed by atoms with E-state index in [2.05, 4.69) is 15.3 Å². The van der Waals surface area contributed by atoms with E-state index in [9.17, 15) is 13.2 Å². The molecule has 0 saturated heterocycles. The topological polar surface area (TPSA) is 37.8 Å². The van der Waals surface area contributed by atoms with Crippen molar-refractivity contribution in [2.45, 2.75) is 25.4 Å². The molecule has 16 heavy (non-hydrogen) atoms. The van der Waals surface area contributed by atoms with Crippen molar-refractivity contribution >= 4 is 17.5 Å². The highest BCUT2D eigenvalue weighted by Gasteiger charge is 2.25. The first kappa shape index (κ1) is 13.0. The van der Waals surface area contributed by atoms with Gasteiger partial charge in [-0.2, -0.15) is 13.2 Å². The summed E-state index contributed by atoms with van der Waals surface area (Å²) < 4.78 is 35.4. The number of halogens is 4. The Bertz CT molecular complexity index is 313. The molecule has 0 atom stereocenters. The van der Waals surface area contributed by atoms with E-state index < -0.39 is 12.6 Å². The molecule has 0 unspecified atom stereocenters. The fraction of sp³-hybridized carbons (Fsp3) is 0.556. The third-order valence-corrected chi connectivity index (χ3v) is 1.99. The lowest BCUT2D eigenvalue weighted by molar-refractivity contribution is -0.135. The number of hydrogen-bond donors (Lipinski definition) is 1. The summed E-state index contributed by atoms with van der Waals surface area (Å²) in [5.41, 5.74) is 0. The van der Waals surface area contributed by atoms with Crippen LogP contribution in [-0.2, 0) is 0 Å². The van der Waals surface area contributed by atoms with E-state index in [1.807, 2.05) is 0 Å². The Hall–Kier alpha value is -1.04. The maximum atomic E-state index is 11.8. The van der Waals surface area contributed by atoms with E-state index in [1.54, 1.807) is 0 Å². The monoisotopic (exact) mass is 253 g/mol. The summed E-state index contributed by atoms with van der Waals surface area (Å²) in [5, 5.41) is 3.23. The van der Waals surface area contributed by atoms with Gasteiger partial charge in [-0.3, -0.25) is 0 Å². The molecule has 0 amide bonds. The summed E-state index contributed by atoms with van der Waals surface area (Å²) in [6, 6.07) is 0. The summed E-state index contributed by atoms with van der Waals surface area (Å²) in [7, 11) is 0. The first-order valence-electron chi connectivity index (χ1n) is 4.75. The quantitative estimate of drug-likeness (QED) is 0.819. The minimum absolute atomic E-state index is 0.101. The van der Waals surface area contributed by atoms with Crippen LogP contribution in [0.15, 0.2) is 12.4 Å². The maximum absolute atomic E-state index is 11.8. The lowest BCUT2D eigenvalue weighted by Gasteiger charge is -2.06. The average molecular weight is 254 g/mol. The fourth-order valence-electron chi connectivity index (χ4n) is 1.05. The van der Waals surface area contributed by atoms with Gasteiger partial charge in [0.05, 0.1) is 17.4 Å². The van der Waals surface area contributed by atoms with Crippen LogP contribution in [0.5, 0.6) is 0 Å². The molecule has 0 aliphatic carbocycles. The van der Waals surface area contributed by atoms with Crippen LogP contribution in [-0.4, -0.2) is 22.7 Å². The fourth-order valence-corrected chi connectivity index (χ4v) is 1.15. The molecule has 1 heterocycles. The Morgan fingerprint density at radius 1 is 1.19 bits per heavy atom. The van der Waals surface area contributed by atoms with Crippen molar-refractivity contribution in [1.82, 2.24) is 9.97 Å². The van der Waals surface area contributed by atoms with Crippen molar-refractivity contribution in [2.75, 3.05) is 11.9 Å². The van der Waals surface area contributed by atoms with Crippen LogP contribution in [0.3, 0.4) is 0 Å². The van der Waals surface area contributed by atoms with Gasteiger partial charge >= 0.3 is 6.18 Å². The zero-order chi connectivity index (χ0) is 12.0. The van der Waals surface area contributed by atoms with E-state index in [-0.39, 0.29) is 6.42 Å². The minimum atomic E-state index is -4.07. The summed E-state index contributed by atoms with van der Waals surface area (Å²) in [5.74, 6) is 0.372. The van der Waals surface area contributed by atoms with Gasteiger partial charge in [-0.05, 0) is 12.8 Å². The predicted octanol–water partition coefficient (Wildman–Crippen LogP) is 3.27. The van der Waals surface area contributed by atoms with Crippen LogP contribution in [0, 0.1) is 0 Å². The molecule has 1 aromatic heterocycles. The van der Waals surface area contributed by atoms with Crippen LogP contribution in [0.4, 0.5) is 19.1 Å². The number of alkyl halides is 3. The summed E-state index contributed by atoms with van der Waals surface area (Å²) in [4.78, 5) is 7.70. The van der Waals surface area contributed by atoms with Crippen molar-refractivity contribution in [3.05, 3.63) is 17.4 Å². The van der Waals surface area contributed by atoms with Gasteiger partial charge in [0.15, 0.2) is 0 Å². The van der Waals surface area contributed by atoms with E-state index >= 15 is 0 Å². The van der Waals surface area contributed by atoms with Crippen molar-refractivity contribution in [3.63, 3.8) is 0 Å². The molecule has 0 radical (unpaired) electrons. The lowest BCUT2D eigenvalue weighted by Crippen LogP contribution is -2.09. The summed E-state index contributed by atoms with van der Waals surface area (Å²) in [6.45, 7) is 0.414. The van der Waals surface area contributed by atoms with Gasteiger partial charge in [-0.15, -0.1) is 0 Å². The predicted molar refractivity (Wildman–Crippen MR) is 55.4 cm³/mol. The first-order valence-corrected chi connectivity index (χ1v) is 5.13. The van der Waals surface area contributed by atoms with E-state index in [4.69, 9.17) is 11.6 Å². The van der Waals surface area contributed by atoms with Gasteiger partial charge in [-0.1, -0.05) is 11.6 Å². The molecule has 0 saturated carbocycles. The van der Waals surface area contributed by atoms with Gasteiger partial charge in [0.25, 0.3) is 0 Å². The molecular weight excluding hydrogens is 243 g/mol. The van der Waals surface area contributed by atoms with Crippen LogP contribution in [0.1, 0.15) is 19.3 Å². The highest BCUT2D eigenvalue weighted by molar-refractivity contribution is 6.30. The molecule has 0 aliphatic heterocycles. The van der Waals surface area contributed by atoms with Gasteiger partial charge in [0.2, 0.25) is 5.95 Å². The highest BCUT2D eigenvalue weighted by Crippen LogP contribution is 2.21. The van der Waals surface area contributed by atoms with Gasteiger partial charge in [0, 0.05) is 13.0 Å². The number of anilines is 1. The van der Waals surface area contributed by atoms with E-state index in [1.165, 1.54) is 12.4 Å². The van der Waals surface area contributed by atoms with Crippen molar-refractivity contribution in [1.29, 1.82) is 0 Å². The third-order valence-electron chi connectivity index (χ3n) is 1.79. The molecule has 0 fully saturated rings. The SMILES string of the molecule is FC(F)(F)CCCCNc1ncc(Cl)cn1. The number of unbranched alkanes of at least 4 members (excludes halogenated alkanes) is 1. The first-order chi connectivity index (χ1) is 7.47. The van der Waals surface area contributed by atoms with E-state index in [0.717, 1.165) is 0 Å². The number of rotatable bonds is 5. The Balaban J connectivity index is 2.14. The maximum Gasteiger partial charge on any atom is 0.389 e. The minimum Gasteiger partial charge on any atom is -0.354 e. The van der Waals surface area contributed by atoms with Crippen molar-refractivity contribution in [2.24, 2.45) is 0 Å². The van der Waals surface area contributed by atoms with Gasteiger partial charge in [-0.25, -0.2) is 9.97 Å². The number of aromatic nitrogens is 2. The average Bonchev–Trinajstić information content (AvgIpc) is 2.19. The Labute approximate surface area is 96.0 Å². The van der Waals surface area contributed by atoms with Gasteiger partial charge < -0.3 is 5.32 Å². The smallest absolute Gasteiger partial charge is 0.354 e. The second-order valence-electron chi connectivity index (χ2n) is 3.22. The molecular formula is C9H11ClF3N3. The molecule has 0 spiro atoms. The third kappa shape index (κ3) is 5.75. The number of hydrogen-bond acceptors (Lipinski definition) is 3. The van der Waals surface area contributed by atoms with Crippen molar-refractivity contribution < 1.29 is 13.2 Å². The van der Waals surface area contributed by atoms with Crippen LogP contribution < -0.4 is 5.32 Å². The molecule has 0 aromatic carbocycles. The van der Waals surface area contributed by atoms with E-state index in [0.29, 0.717) is 23.9 Å². The lowest BCUT2D eigenvalue weighted by atomic mass is 10.2. The normalized spacial score (nSPS) is 11.5. The zero-order valence-electron chi connectivity index (χ0n) is 8.39. The Morgan fingerprint density at radius 2 is 1.81 bits per heavy atom. The van der Waals surface area contributed by atoms with Crippen LogP contribution >= 0.6 is 11.6 Å². The summed E-state index contributed by atoms with van der Waals surface area (Å²) >= 11 is 5.57. The largest absolute Gasteiger partial charge is 0.389 e.